The molecule has 166 valence electrons. The third kappa shape index (κ3) is 5.72. The highest BCUT2D eigenvalue weighted by Crippen LogP contribution is 2.22. The number of amides is 3. The molecule has 0 aliphatic rings. The molecule has 0 aliphatic carbocycles. The van der Waals surface area contributed by atoms with Gasteiger partial charge in [0.15, 0.2) is 0 Å². The molecule has 0 fully saturated rings. The molecule has 3 N–H and O–H groups in total. The van der Waals surface area contributed by atoms with E-state index in [1.54, 1.807) is 50.2 Å². The predicted octanol–water partition coefficient (Wildman–Crippen LogP) is 3.91. The van der Waals surface area contributed by atoms with E-state index < -0.39 is 17.9 Å². The maximum atomic E-state index is 12.4. The number of methoxy groups -OCH3 is 1. The Hall–Kier alpha value is -4.14. The van der Waals surface area contributed by atoms with Crippen LogP contribution in [0.3, 0.4) is 0 Å². The van der Waals surface area contributed by atoms with Gasteiger partial charge in [-0.25, -0.2) is 9.59 Å². The lowest BCUT2D eigenvalue weighted by molar-refractivity contribution is -0.144. The maximum Gasteiger partial charge on any atom is 0.328 e. The lowest BCUT2D eigenvalue weighted by Gasteiger charge is -2.18. The van der Waals surface area contributed by atoms with Crippen LogP contribution >= 0.6 is 0 Å². The maximum absolute atomic E-state index is 12.4. The number of carbonyl (C=O) groups excluding carboxylic acids is 3. The number of nitrogens with one attached hydrogen (secondary N) is 3. The molecule has 1 heterocycles. The summed E-state index contributed by atoms with van der Waals surface area (Å²) in [5.41, 5.74) is 2.40. The van der Waals surface area contributed by atoms with Crippen molar-refractivity contribution < 1.29 is 23.6 Å². The third-order valence-electron chi connectivity index (χ3n) is 4.61. The standard InChI is InChI=1S/C23H24N4O5/c1-14(2)20(22(29)31-3)26-21(28)19-13-18(27-32-19)15-9-11-17(12-10-15)25-23(30)24-16-7-5-4-6-8-16/h4-14,20H,1-3H3,(H,26,28)(H2,24,25,30)/t20-/m0/s1. The highest BCUT2D eigenvalue weighted by Gasteiger charge is 2.27. The first kappa shape index (κ1) is 22.5. The molecule has 0 saturated carbocycles. The molecule has 32 heavy (non-hydrogen) atoms. The van der Waals surface area contributed by atoms with Crippen LogP contribution in [0.2, 0.25) is 0 Å². The summed E-state index contributed by atoms with van der Waals surface area (Å²) in [6, 6.07) is 16.3. The van der Waals surface area contributed by atoms with E-state index in [9.17, 15) is 14.4 Å². The molecule has 0 bridgehead atoms. The third-order valence-corrected chi connectivity index (χ3v) is 4.61. The van der Waals surface area contributed by atoms with Crippen LogP contribution in [-0.2, 0) is 9.53 Å². The molecule has 0 saturated heterocycles. The van der Waals surface area contributed by atoms with Crippen LogP contribution in [0.1, 0.15) is 24.4 Å². The first-order chi connectivity index (χ1) is 15.4. The zero-order valence-corrected chi connectivity index (χ0v) is 17.9. The Morgan fingerprint density at radius 2 is 1.56 bits per heavy atom. The Bertz CT molecular complexity index is 1080. The van der Waals surface area contributed by atoms with E-state index in [1.807, 2.05) is 18.2 Å². The number of hydrogen-bond acceptors (Lipinski definition) is 6. The van der Waals surface area contributed by atoms with E-state index >= 15 is 0 Å². The van der Waals surface area contributed by atoms with Gasteiger partial charge < -0.3 is 25.2 Å². The second-order valence-electron chi connectivity index (χ2n) is 7.32. The molecule has 1 atom stereocenters. The minimum Gasteiger partial charge on any atom is -0.467 e. The van der Waals surface area contributed by atoms with Gasteiger partial charge in [0.25, 0.3) is 5.91 Å². The number of para-hydroxylation sites is 1. The Balaban J connectivity index is 1.62. The summed E-state index contributed by atoms with van der Waals surface area (Å²) in [5.74, 6) is -1.29. The molecule has 0 unspecified atom stereocenters. The van der Waals surface area contributed by atoms with Crippen LogP contribution in [0.4, 0.5) is 16.2 Å². The van der Waals surface area contributed by atoms with E-state index in [4.69, 9.17) is 9.26 Å². The topological polar surface area (TPSA) is 123 Å². The molecule has 3 aromatic rings. The predicted molar refractivity (Wildman–Crippen MR) is 119 cm³/mol. The second-order valence-corrected chi connectivity index (χ2v) is 7.32. The molecule has 0 spiro atoms. The minimum atomic E-state index is -0.798. The smallest absolute Gasteiger partial charge is 0.328 e. The SMILES string of the molecule is COC(=O)[C@@H](NC(=O)c1cc(-c2ccc(NC(=O)Nc3ccccc3)cc2)no1)C(C)C. The van der Waals surface area contributed by atoms with Crippen molar-refractivity contribution in [3.63, 3.8) is 0 Å². The fourth-order valence-electron chi connectivity index (χ4n) is 2.89. The minimum absolute atomic E-state index is 0.0287. The summed E-state index contributed by atoms with van der Waals surface area (Å²) in [5, 5.41) is 12.0. The van der Waals surface area contributed by atoms with Crippen LogP contribution in [-0.4, -0.2) is 36.2 Å². The number of esters is 1. The number of urea groups is 1. The number of carbonyl (C=O) groups is 3. The number of anilines is 2. The Morgan fingerprint density at radius 1 is 0.938 bits per heavy atom. The van der Waals surface area contributed by atoms with Gasteiger partial charge >= 0.3 is 12.0 Å². The van der Waals surface area contributed by atoms with Gasteiger partial charge in [0, 0.05) is 23.0 Å². The Labute approximate surface area is 185 Å². The van der Waals surface area contributed by atoms with Crippen molar-refractivity contribution in [1.29, 1.82) is 0 Å². The van der Waals surface area contributed by atoms with Gasteiger partial charge in [0.05, 0.1) is 7.11 Å². The number of rotatable bonds is 7. The second kappa shape index (κ2) is 10.3. The average molecular weight is 436 g/mol. The van der Waals surface area contributed by atoms with Crippen LogP contribution in [0.5, 0.6) is 0 Å². The summed E-state index contributed by atoms with van der Waals surface area (Å²) in [7, 11) is 1.26. The quantitative estimate of drug-likeness (QED) is 0.483. The van der Waals surface area contributed by atoms with Crippen LogP contribution in [0.25, 0.3) is 11.3 Å². The number of benzene rings is 2. The number of nitrogens with zero attached hydrogens (tertiary/aromatic N) is 1. The van der Waals surface area contributed by atoms with E-state index in [1.165, 1.54) is 13.2 Å². The van der Waals surface area contributed by atoms with Crippen LogP contribution < -0.4 is 16.0 Å². The van der Waals surface area contributed by atoms with E-state index in [0.29, 0.717) is 22.6 Å². The van der Waals surface area contributed by atoms with Crippen molar-refractivity contribution in [3.8, 4) is 11.3 Å². The molecule has 1 aromatic heterocycles. The van der Waals surface area contributed by atoms with E-state index in [0.717, 1.165) is 0 Å². The van der Waals surface area contributed by atoms with Crippen LogP contribution in [0.15, 0.2) is 65.2 Å². The fourth-order valence-corrected chi connectivity index (χ4v) is 2.89. The molecule has 0 radical (unpaired) electrons. The highest BCUT2D eigenvalue weighted by atomic mass is 16.5. The molecule has 3 rings (SSSR count). The van der Waals surface area contributed by atoms with Crippen molar-refractivity contribution in [2.45, 2.75) is 19.9 Å². The number of ether oxygens (including phenoxy) is 1. The largest absolute Gasteiger partial charge is 0.467 e. The highest BCUT2D eigenvalue weighted by molar-refractivity contribution is 6.00. The molecular weight excluding hydrogens is 412 g/mol. The average Bonchev–Trinajstić information content (AvgIpc) is 3.28. The molecule has 9 heteroatoms. The van der Waals surface area contributed by atoms with E-state index in [-0.39, 0.29) is 17.7 Å². The van der Waals surface area contributed by atoms with Crippen LogP contribution in [0, 0.1) is 5.92 Å². The Morgan fingerprint density at radius 3 is 2.16 bits per heavy atom. The van der Waals surface area contributed by atoms with Crippen molar-refractivity contribution in [2.24, 2.45) is 5.92 Å². The van der Waals surface area contributed by atoms with Crippen molar-refractivity contribution in [3.05, 3.63) is 66.4 Å². The molecule has 3 amide bonds. The van der Waals surface area contributed by atoms with Gasteiger partial charge in [0.1, 0.15) is 11.7 Å². The summed E-state index contributed by atoms with van der Waals surface area (Å²) in [6.45, 7) is 3.59. The van der Waals surface area contributed by atoms with E-state index in [2.05, 4.69) is 21.1 Å². The molecule has 0 aliphatic heterocycles. The lowest BCUT2D eigenvalue weighted by atomic mass is 10.0. The first-order valence-electron chi connectivity index (χ1n) is 9.96. The van der Waals surface area contributed by atoms with Gasteiger partial charge in [-0.2, -0.15) is 0 Å². The van der Waals surface area contributed by atoms with Gasteiger partial charge in [-0.3, -0.25) is 4.79 Å². The molecule has 2 aromatic carbocycles. The summed E-state index contributed by atoms with van der Waals surface area (Å²) < 4.78 is 9.86. The lowest BCUT2D eigenvalue weighted by Crippen LogP contribution is -2.44. The zero-order valence-electron chi connectivity index (χ0n) is 17.9. The monoisotopic (exact) mass is 436 g/mol. The molecular formula is C23H24N4O5. The first-order valence-corrected chi connectivity index (χ1v) is 9.96. The number of hydrogen-bond donors (Lipinski definition) is 3. The zero-order chi connectivity index (χ0) is 23.1. The van der Waals surface area contributed by atoms with Gasteiger partial charge in [-0.1, -0.05) is 49.3 Å². The van der Waals surface area contributed by atoms with Gasteiger partial charge in [-0.15, -0.1) is 0 Å². The van der Waals surface area contributed by atoms with Gasteiger partial charge in [0.2, 0.25) is 5.76 Å². The van der Waals surface area contributed by atoms with Crippen molar-refractivity contribution >= 4 is 29.3 Å². The fraction of sp³-hybridized carbons (Fsp3) is 0.217. The summed E-state index contributed by atoms with van der Waals surface area (Å²) in [6.07, 6.45) is 0. The van der Waals surface area contributed by atoms with Gasteiger partial charge in [-0.05, 0) is 30.2 Å². The summed E-state index contributed by atoms with van der Waals surface area (Å²) >= 11 is 0. The Kier molecular flexibility index (Phi) is 7.22. The normalized spacial score (nSPS) is 11.5. The van der Waals surface area contributed by atoms with Crippen molar-refractivity contribution in [2.75, 3.05) is 17.7 Å². The molecule has 9 nitrogen and oxygen atoms in total. The summed E-state index contributed by atoms with van der Waals surface area (Å²) in [4.78, 5) is 36.4. The van der Waals surface area contributed by atoms with Crippen molar-refractivity contribution in [1.82, 2.24) is 10.5 Å². The number of aromatic nitrogens is 1.